The van der Waals surface area contributed by atoms with Gasteiger partial charge in [0.2, 0.25) is 5.91 Å². The molecule has 5 heteroatoms. The highest BCUT2D eigenvalue weighted by Gasteiger charge is 2.19. The third kappa shape index (κ3) is 6.05. The maximum absolute atomic E-state index is 12.0. The lowest BCUT2D eigenvalue weighted by Crippen LogP contribution is -2.37. The summed E-state index contributed by atoms with van der Waals surface area (Å²) in [5, 5.41) is 4.29. The van der Waals surface area contributed by atoms with Crippen LogP contribution in [-0.2, 0) is 16.1 Å². The van der Waals surface area contributed by atoms with Gasteiger partial charge in [-0.2, -0.15) is 12.6 Å². The second-order valence-corrected chi connectivity index (χ2v) is 11.9. The summed E-state index contributed by atoms with van der Waals surface area (Å²) in [5.41, 5.74) is 1.08. The summed E-state index contributed by atoms with van der Waals surface area (Å²) >= 11 is 4.15. The van der Waals surface area contributed by atoms with E-state index in [0.29, 0.717) is 12.3 Å². The number of carbonyl (C=O) groups excluding carboxylic acids is 2. The highest BCUT2D eigenvalue weighted by Crippen LogP contribution is 2.08. The molecule has 0 saturated heterocycles. The average molecular weight is 324 g/mol. The van der Waals surface area contributed by atoms with Crippen molar-refractivity contribution in [2.75, 3.05) is 5.75 Å². The van der Waals surface area contributed by atoms with Crippen molar-refractivity contribution < 1.29 is 9.59 Å². The minimum atomic E-state index is -1.28. The van der Waals surface area contributed by atoms with Crippen molar-refractivity contribution in [2.45, 2.75) is 39.5 Å². The van der Waals surface area contributed by atoms with Crippen molar-refractivity contribution in [3.63, 3.8) is 0 Å². The van der Waals surface area contributed by atoms with Crippen LogP contribution in [0.3, 0.4) is 0 Å². The van der Waals surface area contributed by atoms with E-state index in [0.717, 1.165) is 5.56 Å². The summed E-state index contributed by atoms with van der Waals surface area (Å²) in [6.07, 6.45) is 0.254. The lowest BCUT2D eigenvalue weighted by atomic mass is 10.0. The molecule has 0 bridgehead atoms. The summed E-state index contributed by atoms with van der Waals surface area (Å²) in [6.45, 7) is 8.92. The molecule has 0 fully saturated rings. The van der Waals surface area contributed by atoms with Gasteiger partial charge in [0.1, 0.15) is 5.78 Å². The third-order valence-corrected chi connectivity index (χ3v) is 5.92. The Morgan fingerprint density at radius 2 is 1.76 bits per heavy atom. The number of nitrogens with one attached hydrogen (secondary N) is 1. The van der Waals surface area contributed by atoms with Crippen LogP contribution < -0.4 is 10.5 Å². The number of amides is 1. The van der Waals surface area contributed by atoms with E-state index in [4.69, 9.17) is 0 Å². The molecule has 1 aromatic carbocycles. The molecular formula is C16H25NO2SSi. The number of hydrogen-bond donors (Lipinski definition) is 2. The Kier molecular flexibility index (Phi) is 6.68. The van der Waals surface area contributed by atoms with E-state index in [1.54, 1.807) is 0 Å². The van der Waals surface area contributed by atoms with Gasteiger partial charge in [-0.15, -0.1) is 0 Å². The third-order valence-electron chi connectivity index (χ3n) is 3.41. The number of hydrogen-bond acceptors (Lipinski definition) is 3. The van der Waals surface area contributed by atoms with Crippen LogP contribution >= 0.6 is 12.6 Å². The number of benzene rings is 1. The predicted molar refractivity (Wildman–Crippen MR) is 93.9 cm³/mol. The first kappa shape index (κ1) is 18.0. The fourth-order valence-electron chi connectivity index (χ4n) is 2.04. The zero-order valence-corrected chi connectivity index (χ0v) is 15.2. The van der Waals surface area contributed by atoms with Crippen LogP contribution in [0.4, 0.5) is 0 Å². The predicted octanol–water partition coefficient (Wildman–Crippen LogP) is 2.37. The Hall–Kier alpha value is -1.07. The molecule has 3 nitrogen and oxygen atoms in total. The quantitative estimate of drug-likeness (QED) is 0.598. The zero-order valence-electron chi connectivity index (χ0n) is 13.3. The van der Waals surface area contributed by atoms with E-state index >= 15 is 0 Å². The van der Waals surface area contributed by atoms with Gasteiger partial charge in [-0.05, 0) is 12.5 Å². The molecule has 0 unspecified atom stereocenters. The Morgan fingerprint density at radius 3 is 2.19 bits per heavy atom. The molecule has 0 aliphatic heterocycles. The Bertz CT molecular complexity index is 494. The SMILES string of the molecule is CC(=O)C[C@@H](CS)C(=O)NCc1ccc([Si](C)(C)C)cc1. The van der Waals surface area contributed by atoms with Gasteiger partial charge in [-0.25, -0.2) is 0 Å². The van der Waals surface area contributed by atoms with E-state index in [1.807, 2.05) is 0 Å². The molecule has 0 spiro atoms. The average Bonchev–Trinajstić information content (AvgIpc) is 2.41. The van der Waals surface area contributed by atoms with Crippen LogP contribution in [0.5, 0.6) is 0 Å². The van der Waals surface area contributed by atoms with Gasteiger partial charge in [0, 0.05) is 18.7 Å². The van der Waals surface area contributed by atoms with Crippen molar-refractivity contribution in [1.29, 1.82) is 0 Å². The molecule has 0 aliphatic rings. The van der Waals surface area contributed by atoms with E-state index < -0.39 is 8.07 Å². The summed E-state index contributed by atoms with van der Waals surface area (Å²) < 4.78 is 0. The lowest BCUT2D eigenvalue weighted by Gasteiger charge is -2.17. The number of Topliss-reactive ketones (excluding diaryl/α,β-unsaturated/α-hetero) is 1. The summed E-state index contributed by atoms with van der Waals surface area (Å²) in [6, 6.07) is 8.43. The van der Waals surface area contributed by atoms with Gasteiger partial charge in [0.25, 0.3) is 0 Å². The smallest absolute Gasteiger partial charge is 0.224 e. The van der Waals surface area contributed by atoms with Crippen molar-refractivity contribution >= 4 is 37.6 Å². The normalized spacial score (nSPS) is 12.8. The zero-order chi connectivity index (χ0) is 16.0. The van der Waals surface area contributed by atoms with E-state index in [-0.39, 0.29) is 24.0 Å². The van der Waals surface area contributed by atoms with E-state index in [1.165, 1.54) is 12.1 Å². The summed E-state index contributed by atoms with van der Waals surface area (Å²) in [5.74, 6) is -0.0368. The van der Waals surface area contributed by atoms with Gasteiger partial charge >= 0.3 is 0 Å². The fourth-order valence-corrected chi connectivity index (χ4v) is 3.50. The second-order valence-electron chi connectivity index (χ2n) is 6.45. The first-order valence-electron chi connectivity index (χ1n) is 7.21. The minimum absolute atomic E-state index is 0.0173. The highest BCUT2D eigenvalue weighted by atomic mass is 32.1. The second kappa shape index (κ2) is 7.80. The molecule has 0 saturated carbocycles. The van der Waals surface area contributed by atoms with E-state index in [9.17, 15) is 9.59 Å². The van der Waals surface area contributed by atoms with E-state index in [2.05, 4.69) is 61.9 Å². The topological polar surface area (TPSA) is 46.2 Å². The Balaban J connectivity index is 2.58. The maximum atomic E-state index is 12.0. The highest BCUT2D eigenvalue weighted by molar-refractivity contribution is 7.80. The maximum Gasteiger partial charge on any atom is 0.224 e. The minimum Gasteiger partial charge on any atom is -0.352 e. The number of rotatable bonds is 7. The largest absolute Gasteiger partial charge is 0.352 e. The number of ketones is 1. The summed E-state index contributed by atoms with van der Waals surface area (Å²) in [7, 11) is -1.28. The van der Waals surface area contributed by atoms with Gasteiger partial charge in [-0.1, -0.05) is 49.1 Å². The molecule has 1 atom stereocenters. The van der Waals surface area contributed by atoms with Crippen LogP contribution in [0.15, 0.2) is 24.3 Å². The Labute approximate surface area is 133 Å². The number of thiol groups is 1. The lowest BCUT2D eigenvalue weighted by molar-refractivity contribution is -0.128. The molecule has 1 rings (SSSR count). The van der Waals surface area contributed by atoms with Gasteiger partial charge in [-0.3, -0.25) is 4.79 Å². The number of carbonyl (C=O) groups is 2. The molecule has 0 radical (unpaired) electrons. The monoisotopic (exact) mass is 323 g/mol. The van der Waals surface area contributed by atoms with Crippen molar-refractivity contribution in [1.82, 2.24) is 5.32 Å². The standard InChI is InChI=1S/C16H25NO2SSi/c1-12(18)9-14(11-20)16(19)17-10-13-5-7-15(8-6-13)21(2,3)4/h5-8,14,20H,9-11H2,1-4H3,(H,17,19)/t14-/m0/s1. The van der Waals surface area contributed by atoms with Crippen LogP contribution in [0.1, 0.15) is 18.9 Å². The first-order chi connectivity index (χ1) is 9.74. The molecular weight excluding hydrogens is 298 g/mol. The molecule has 0 aromatic heterocycles. The van der Waals surface area contributed by atoms with Crippen molar-refractivity contribution in [2.24, 2.45) is 5.92 Å². The van der Waals surface area contributed by atoms with Gasteiger partial charge < -0.3 is 10.1 Å². The van der Waals surface area contributed by atoms with Gasteiger partial charge in [0.05, 0.1) is 14.0 Å². The molecule has 1 aromatic rings. The van der Waals surface area contributed by atoms with Gasteiger partial charge in [0.15, 0.2) is 0 Å². The molecule has 116 valence electrons. The van der Waals surface area contributed by atoms with Crippen LogP contribution in [-0.4, -0.2) is 25.5 Å². The molecule has 21 heavy (non-hydrogen) atoms. The van der Waals surface area contributed by atoms with Crippen LogP contribution in [0.25, 0.3) is 0 Å². The van der Waals surface area contributed by atoms with Crippen molar-refractivity contribution in [3.05, 3.63) is 29.8 Å². The summed E-state index contributed by atoms with van der Waals surface area (Å²) in [4.78, 5) is 23.1. The Morgan fingerprint density at radius 1 is 1.19 bits per heavy atom. The molecule has 1 N–H and O–H groups in total. The molecule has 0 aliphatic carbocycles. The first-order valence-corrected chi connectivity index (χ1v) is 11.3. The fraction of sp³-hybridized carbons (Fsp3) is 0.500. The van der Waals surface area contributed by atoms with Crippen molar-refractivity contribution in [3.8, 4) is 0 Å². The van der Waals surface area contributed by atoms with Crippen LogP contribution in [0.2, 0.25) is 19.6 Å². The molecule has 0 heterocycles. The molecule has 1 amide bonds. The van der Waals surface area contributed by atoms with Crippen LogP contribution in [0, 0.1) is 5.92 Å².